The van der Waals surface area contributed by atoms with Gasteiger partial charge in [-0.25, -0.2) is 9.18 Å². The van der Waals surface area contributed by atoms with Crippen molar-refractivity contribution in [2.45, 2.75) is 38.8 Å². The third kappa shape index (κ3) is 10.8. The lowest BCUT2D eigenvalue weighted by Gasteiger charge is -2.21. The fraction of sp³-hybridized carbons (Fsp3) is 0.429. The first-order valence-corrected chi connectivity index (χ1v) is 16.9. The number of rotatable bonds is 19. The second kappa shape index (κ2) is 17.9. The molecule has 5 rings (SSSR count). The lowest BCUT2D eigenvalue weighted by molar-refractivity contribution is -0.130. The molecule has 1 saturated carbocycles. The van der Waals surface area contributed by atoms with Crippen molar-refractivity contribution in [3.63, 3.8) is 0 Å². The van der Waals surface area contributed by atoms with Crippen LogP contribution in [0.15, 0.2) is 54.9 Å². The molecule has 13 heteroatoms. The van der Waals surface area contributed by atoms with Crippen LogP contribution in [-0.4, -0.2) is 92.8 Å². The molecular weight excluding hydrogens is 637 g/mol. The number of aromatic nitrogens is 2. The van der Waals surface area contributed by atoms with Crippen LogP contribution in [0.3, 0.4) is 0 Å². The van der Waals surface area contributed by atoms with E-state index in [1.54, 1.807) is 54.8 Å². The molecule has 3 amide bonds. The third-order valence-electron chi connectivity index (χ3n) is 7.68. The molecule has 2 N–H and O–H groups in total. The number of hydrogen-bond acceptors (Lipinski definition) is 9. The summed E-state index contributed by atoms with van der Waals surface area (Å²) in [6, 6.07) is 12.5. The highest BCUT2D eigenvalue weighted by atomic mass is 32.1. The van der Waals surface area contributed by atoms with Gasteiger partial charge in [0.15, 0.2) is 0 Å². The van der Waals surface area contributed by atoms with Crippen LogP contribution in [0.25, 0.3) is 20.8 Å². The van der Waals surface area contributed by atoms with Gasteiger partial charge in [-0.2, -0.15) is 0 Å². The number of hydrogen-bond donors (Lipinski definition) is 2. The zero-order valence-corrected chi connectivity index (χ0v) is 28.2. The van der Waals surface area contributed by atoms with Crippen LogP contribution in [0, 0.1) is 5.82 Å². The van der Waals surface area contributed by atoms with Gasteiger partial charge in [0.25, 0.3) is 0 Å². The Labute approximate surface area is 283 Å². The molecule has 48 heavy (non-hydrogen) atoms. The van der Waals surface area contributed by atoms with Gasteiger partial charge >= 0.3 is 6.03 Å². The molecule has 0 aliphatic heterocycles. The minimum atomic E-state index is -0.381. The summed E-state index contributed by atoms with van der Waals surface area (Å²) in [4.78, 5) is 36.2. The summed E-state index contributed by atoms with van der Waals surface area (Å²) in [6.07, 6.45) is 5.86. The number of urea groups is 1. The van der Waals surface area contributed by atoms with Gasteiger partial charge in [-0.3, -0.25) is 14.8 Å². The number of benzene rings is 1. The summed E-state index contributed by atoms with van der Waals surface area (Å²) < 4.78 is 37.4. The molecule has 1 aromatic carbocycles. The van der Waals surface area contributed by atoms with Gasteiger partial charge in [0.1, 0.15) is 5.82 Å². The van der Waals surface area contributed by atoms with Crippen LogP contribution in [0.4, 0.5) is 14.9 Å². The molecule has 0 atom stereocenters. The monoisotopic (exact) mass is 679 g/mol. The molecule has 3 aromatic heterocycles. The van der Waals surface area contributed by atoms with E-state index in [9.17, 15) is 9.59 Å². The summed E-state index contributed by atoms with van der Waals surface area (Å²) in [6.45, 7) is 5.82. The maximum atomic E-state index is 15.1. The Morgan fingerprint density at radius 1 is 0.938 bits per heavy atom. The molecule has 11 nitrogen and oxygen atoms in total. The summed E-state index contributed by atoms with van der Waals surface area (Å²) >= 11 is 1.56. The molecule has 0 unspecified atom stereocenters. The first kappa shape index (κ1) is 35.3. The predicted molar refractivity (Wildman–Crippen MR) is 183 cm³/mol. The van der Waals surface area contributed by atoms with Gasteiger partial charge in [-0.05, 0) is 59.9 Å². The maximum absolute atomic E-state index is 15.1. The molecular formula is C35H42FN5O6S. The van der Waals surface area contributed by atoms with Gasteiger partial charge in [-0.15, -0.1) is 11.3 Å². The highest BCUT2D eigenvalue weighted by Gasteiger charge is 2.23. The topological polar surface area (TPSA) is 124 Å². The summed E-state index contributed by atoms with van der Waals surface area (Å²) in [5.41, 5.74) is 4.42. The van der Waals surface area contributed by atoms with Crippen molar-refractivity contribution in [3.05, 3.63) is 77.4 Å². The number of nitrogens with one attached hydrogen (secondary N) is 2. The van der Waals surface area contributed by atoms with Crippen molar-refractivity contribution in [1.82, 2.24) is 20.2 Å². The zero-order valence-electron chi connectivity index (χ0n) is 27.3. The Kier molecular flexibility index (Phi) is 13.2. The quantitative estimate of drug-likeness (QED) is 0.126. The van der Waals surface area contributed by atoms with Crippen molar-refractivity contribution in [1.29, 1.82) is 0 Å². The lowest BCUT2D eigenvalue weighted by atomic mass is 10.0. The highest BCUT2D eigenvalue weighted by Crippen LogP contribution is 2.35. The number of carbonyl (C=O) groups excluding carboxylic acids is 2. The molecule has 4 aromatic rings. The Hall–Kier alpha value is -4.01. The maximum Gasteiger partial charge on any atom is 0.319 e. The van der Waals surface area contributed by atoms with Crippen molar-refractivity contribution < 1.29 is 32.9 Å². The van der Waals surface area contributed by atoms with E-state index in [0.717, 1.165) is 44.8 Å². The molecule has 1 aliphatic rings. The fourth-order valence-electron chi connectivity index (χ4n) is 4.90. The van der Waals surface area contributed by atoms with E-state index in [0.29, 0.717) is 77.0 Å². The second-order valence-corrected chi connectivity index (χ2v) is 12.5. The van der Waals surface area contributed by atoms with Crippen LogP contribution in [0.2, 0.25) is 0 Å². The first-order valence-electron chi connectivity index (χ1n) is 16.1. The Morgan fingerprint density at radius 3 is 2.35 bits per heavy atom. The van der Waals surface area contributed by atoms with Crippen LogP contribution >= 0.6 is 11.3 Å². The van der Waals surface area contributed by atoms with E-state index in [4.69, 9.17) is 18.9 Å². The van der Waals surface area contributed by atoms with E-state index < -0.39 is 0 Å². The Balaban J connectivity index is 1.12. The van der Waals surface area contributed by atoms with Gasteiger partial charge in [0.05, 0.1) is 67.0 Å². The van der Waals surface area contributed by atoms with Crippen LogP contribution < -0.4 is 10.6 Å². The number of carbonyl (C=O) groups is 2. The number of methoxy groups -OCH3 is 1. The van der Waals surface area contributed by atoms with E-state index in [-0.39, 0.29) is 23.8 Å². The standard InChI is InChI=1S/C35H42FN5O6S/c1-24(42)41(11-12-45-15-16-47-18-17-46-14-13-44-2)23-25-3-8-31(38-22-25)33-21-32-34(48-33)27(9-10-37-32)19-26-4-5-29(20-30(26)36)40-35(43)39-28-6-7-28/h3-5,8-10,20-22,28H,6-7,11-19,23H2,1-2H3,(H2,39,40,43). The molecule has 0 spiro atoms. The van der Waals surface area contributed by atoms with Gasteiger partial charge in [0.2, 0.25) is 5.91 Å². The average molecular weight is 680 g/mol. The Bertz CT molecular complexity index is 1650. The lowest BCUT2D eigenvalue weighted by Crippen LogP contribution is -2.32. The van der Waals surface area contributed by atoms with E-state index in [2.05, 4.69) is 20.6 Å². The highest BCUT2D eigenvalue weighted by molar-refractivity contribution is 7.22. The molecule has 1 aliphatic carbocycles. The fourth-order valence-corrected chi connectivity index (χ4v) is 6.00. The molecule has 0 bridgehead atoms. The summed E-state index contributed by atoms with van der Waals surface area (Å²) in [5.74, 6) is -0.425. The third-order valence-corrected chi connectivity index (χ3v) is 8.90. The van der Waals surface area contributed by atoms with Gasteiger partial charge in [-0.1, -0.05) is 12.1 Å². The van der Waals surface area contributed by atoms with Crippen LogP contribution in [0.5, 0.6) is 0 Å². The molecule has 256 valence electrons. The number of amides is 3. The van der Waals surface area contributed by atoms with Crippen molar-refractivity contribution in [3.8, 4) is 10.6 Å². The summed E-state index contributed by atoms with van der Waals surface area (Å²) in [5, 5.41) is 5.54. The average Bonchev–Trinajstić information content (AvgIpc) is 3.77. The van der Waals surface area contributed by atoms with Crippen LogP contribution in [-0.2, 0) is 36.7 Å². The number of halogens is 1. The minimum Gasteiger partial charge on any atom is -0.382 e. The normalized spacial score (nSPS) is 12.7. The summed E-state index contributed by atoms with van der Waals surface area (Å²) in [7, 11) is 1.63. The number of pyridine rings is 2. The SMILES string of the molecule is COCCOCCOCCOCCN(Cc1ccc(-c2cc3nccc(Cc4ccc(NC(=O)NC5CC5)cc4F)c3s2)nc1)C(C)=O. The predicted octanol–water partition coefficient (Wildman–Crippen LogP) is 5.42. The number of ether oxygens (including phenoxy) is 4. The first-order chi connectivity index (χ1) is 23.4. The van der Waals surface area contributed by atoms with E-state index >= 15 is 4.39 Å². The number of anilines is 1. The number of thiophene rings is 1. The smallest absolute Gasteiger partial charge is 0.319 e. The van der Waals surface area contributed by atoms with Gasteiger partial charge in [0, 0.05) is 57.7 Å². The molecule has 0 radical (unpaired) electrons. The van der Waals surface area contributed by atoms with Crippen molar-refractivity contribution in [2.24, 2.45) is 0 Å². The number of nitrogens with zero attached hydrogens (tertiary/aromatic N) is 3. The zero-order chi connectivity index (χ0) is 33.7. The van der Waals surface area contributed by atoms with Crippen molar-refractivity contribution >= 4 is 39.2 Å². The van der Waals surface area contributed by atoms with E-state index in [1.165, 1.54) is 6.07 Å². The second-order valence-electron chi connectivity index (χ2n) is 11.5. The largest absolute Gasteiger partial charge is 0.382 e. The number of fused-ring (bicyclic) bond motifs is 1. The minimum absolute atomic E-state index is 0.0448. The molecule has 1 fully saturated rings. The van der Waals surface area contributed by atoms with E-state index in [1.807, 2.05) is 24.3 Å². The molecule has 3 heterocycles. The van der Waals surface area contributed by atoms with Crippen molar-refractivity contribution in [2.75, 3.05) is 65.2 Å². The van der Waals surface area contributed by atoms with Gasteiger partial charge < -0.3 is 34.5 Å². The Morgan fingerprint density at radius 2 is 1.69 bits per heavy atom. The van der Waals surface area contributed by atoms with Crippen LogP contribution in [0.1, 0.15) is 36.5 Å². The molecule has 0 saturated heterocycles.